The van der Waals surface area contributed by atoms with Crippen molar-refractivity contribution in [1.82, 2.24) is 0 Å². The summed E-state index contributed by atoms with van der Waals surface area (Å²) in [6.07, 6.45) is 8.64. The Balaban J connectivity index is 2.01. The van der Waals surface area contributed by atoms with Crippen LogP contribution < -0.4 is 4.74 Å². The van der Waals surface area contributed by atoms with E-state index in [9.17, 15) is 4.39 Å². The SMILES string of the molecule is Fc1ccc(OCCCCCCCCCBr)c(Cl)c1. The third-order valence-electron chi connectivity index (χ3n) is 2.93. The Morgan fingerprint density at radius 1 is 1.00 bits per heavy atom. The molecule has 1 rings (SSSR count). The number of ether oxygens (including phenoxy) is 1. The lowest BCUT2D eigenvalue weighted by atomic mass is 10.1. The summed E-state index contributed by atoms with van der Waals surface area (Å²) in [4.78, 5) is 0. The smallest absolute Gasteiger partial charge is 0.138 e. The second-order valence-electron chi connectivity index (χ2n) is 4.59. The molecule has 108 valence electrons. The van der Waals surface area contributed by atoms with Gasteiger partial charge in [0.05, 0.1) is 11.6 Å². The van der Waals surface area contributed by atoms with Gasteiger partial charge < -0.3 is 4.74 Å². The summed E-state index contributed by atoms with van der Waals surface area (Å²) in [5.74, 6) is 0.237. The Morgan fingerprint density at radius 2 is 1.63 bits per heavy atom. The molecule has 0 saturated carbocycles. The molecule has 0 unspecified atom stereocenters. The van der Waals surface area contributed by atoms with E-state index in [4.69, 9.17) is 16.3 Å². The molecule has 0 spiro atoms. The van der Waals surface area contributed by atoms with E-state index in [-0.39, 0.29) is 5.82 Å². The zero-order valence-corrected chi connectivity index (χ0v) is 13.5. The molecule has 0 bridgehead atoms. The summed E-state index contributed by atoms with van der Waals surface area (Å²) >= 11 is 9.31. The van der Waals surface area contributed by atoms with Gasteiger partial charge in [-0.1, -0.05) is 59.6 Å². The van der Waals surface area contributed by atoms with E-state index >= 15 is 0 Å². The first-order valence-electron chi connectivity index (χ1n) is 6.88. The van der Waals surface area contributed by atoms with Crippen LogP contribution in [0, 0.1) is 5.82 Å². The van der Waals surface area contributed by atoms with Gasteiger partial charge in [0.1, 0.15) is 11.6 Å². The molecule has 0 amide bonds. The van der Waals surface area contributed by atoms with Gasteiger partial charge in [-0.25, -0.2) is 4.39 Å². The summed E-state index contributed by atoms with van der Waals surface area (Å²) in [6, 6.07) is 4.23. The molecule has 0 saturated heterocycles. The second-order valence-corrected chi connectivity index (χ2v) is 5.79. The Bertz CT molecular complexity index is 360. The molecular formula is C15H21BrClFO. The lowest BCUT2D eigenvalue weighted by Crippen LogP contribution is -1.98. The second kappa shape index (κ2) is 10.5. The standard InChI is InChI=1S/C15H21BrClFO/c16-10-6-4-2-1-3-5-7-11-19-15-9-8-13(18)12-14(15)17/h8-9,12H,1-7,10-11H2. The molecule has 0 atom stereocenters. The summed E-state index contributed by atoms with van der Waals surface area (Å²) in [5, 5.41) is 1.45. The van der Waals surface area contributed by atoms with E-state index < -0.39 is 0 Å². The van der Waals surface area contributed by atoms with Crippen molar-refractivity contribution in [2.45, 2.75) is 44.9 Å². The minimum Gasteiger partial charge on any atom is -0.492 e. The van der Waals surface area contributed by atoms with Gasteiger partial charge in [0, 0.05) is 5.33 Å². The number of hydrogen-bond acceptors (Lipinski definition) is 1. The summed E-state index contributed by atoms with van der Waals surface area (Å²) in [7, 11) is 0. The number of benzene rings is 1. The Hall–Kier alpha value is -0.280. The van der Waals surface area contributed by atoms with Crippen LogP contribution in [0.1, 0.15) is 44.9 Å². The lowest BCUT2D eigenvalue weighted by Gasteiger charge is -2.07. The molecule has 1 aromatic rings. The molecule has 0 heterocycles. The van der Waals surface area contributed by atoms with Gasteiger partial charge in [0.15, 0.2) is 0 Å². The maximum Gasteiger partial charge on any atom is 0.138 e. The quantitative estimate of drug-likeness (QED) is 0.372. The molecule has 0 N–H and O–H groups in total. The van der Waals surface area contributed by atoms with Gasteiger partial charge in [-0.05, 0) is 31.0 Å². The minimum atomic E-state index is -0.333. The first-order valence-corrected chi connectivity index (χ1v) is 8.38. The fourth-order valence-corrected chi connectivity index (χ4v) is 2.47. The maximum atomic E-state index is 12.8. The predicted molar refractivity (Wildman–Crippen MR) is 83.0 cm³/mol. The number of rotatable bonds is 10. The van der Waals surface area contributed by atoms with Crippen molar-refractivity contribution in [3.05, 3.63) is 29.0 Å². The number of hydrogen-bond donors (Lipinski definition) is 0. The Labute approximate surface area is 128 Å². The fourth-order valence-electron chi connectivity index (χ4n) is 1.85. The van der Waals surface area contributed by atoms with Gasteiger partial charge >= 0.3 is 0 Å². The summed E-state index contributed by atoms with van der Waals surface area (Å²) in [5.41, 5.74) is 0. The first kappa shape index (κ1) is 16.8. The van der Waals surface area contributed by atoms with Crippen LogP contribution in [0.25, 0.3) is 0 Å². The van der Waals surface area contributed by atoms with Crippen LogP contribution in [0.5, 0.6) is 5.75 Å². The normalized spacial score (nSPS) is 10.7. The number of alkyl halides is 1. The van der Waals surface area contributed by atoms with Gasteiger partial charge in [0.25, 0.3) is 0 Å². The van der Waals surface area contributed by atoms with Gasteiger partial charge in [-0.15, -0.1) is 0 Å². The molecule has 1 aromatic carbocycles. The largest absolute Gasteiger partial charge is 0.492 e. The highest BCUT2D eigenvalue weighted by Gasteiger charge is 2.02. The average Bonchev–Trinajstić information content (AvgIpc) is 2.39. The fraction of sp³-hybridized carbons (Fsp3) is 0.600. The highest BCUT2D eigenvalue weighted by Crippen LogP contribution is 2.25. The highest BCUT2D eigenvalue weighted by molar-refractivity contribution is 9.09. The van der Waals surface area contributed by atoms with Gasteiger partial charge in [-0.2, -0.15) is 0 Å². The molecule has 0 aliphatic rings. The Kier molecular flexibility index (Phi) is 9.27. The van der Waals surface area contributed by atoms with Gasteiger partial charge in [0.2, 0.25) is 0 Å². The van der Waals surface area contributed by atoms with Crippen LogP contribution >= 0.6 is 27.5 Å². The van der Waals surface area contributed by atoms with E-state index in [0.29, 0.717) is 17.4 Å². The van der Waals surface area contributed by atoms with Crippen molar-refractivity contribution in [3.8, 4) is 5.75 Å². The number of halogens is 3. The average molecular weight is 352 g/mol. The molecule has 0 aliphatic heterocycles. The zero-order chi connectivity index (χ0) is 13.9. The predicted octanol–water partition coefficient (Wildman–Crippen LogP) is 5.98. The van der Waals surface area contributed by atoms with Crippen LogP contribution in [0.2, 0.25) is 5.02 Å². The topological polar surface area (TPSA) is 9.23 Å². The lowest BCUT2D eigenvalue weighted by molar-refractivity contribution is 0.304. The molecule has 1 nitrogen and oxygen atoms in total. The third-order valence-corrected chi connectivity index (χ3v) is 3.79. The molecule has 0 aliphatic carbocycles. The van der Waals surface area contributed by atoms with Crippen molar-refractivity contribution in [1.29, 1.82) is 0 Å². The van der Waals surface area contributed by atoms with Crippen LogP contribution in [0.15, 0.2) is 18.2 Å². The van der Waals surface area contributed by atoms with E-state index in [2.05, 4.69) is 15.9 Å². The van der Waals surface area contributed by atoms with Crippen LogP contribution in [0.4, 0.5) is 4.39 Å². The van der Waals surface area contributed by atoms with Crippen LogP contribution in [-0.4, -0.2) is 11.9 Å². The van der Waals surface area contributed by atoms with Crippen molar-refractivity contribution >= 4 is 27.5 Å². The van der Waals surface area contributed by atoms with E-state index in [1.54, 1.807) is 6.07 Å². The zero-order valence-electron chi connectivity index (χ0n) is 11.1. The number of unbranched alkanes of at least 4 members (excludes halogenated alkanes) is 6. The monoisotopic (exact) mass is 350 g/mol. The molecule has 0 radical (unpaired) electrons. The molecule has 0 fully saturated rings. The van der Waals surface area contributed by atoms with Crippen LogP contribution in [0.3, 0.4) is 0 Å². The molecule has 0 aromatic heterocycles. The third kappa shape index (κ3) is 7.78. The van der Waals surface area contributed by atoms with E-state index in [0.717, 1.165) is 11.8 Å². The first-order chi connectivity index (χ1) is 9.24. The van der Waals surface area contributed by atoms with E-state index in [1.165, 1.54) is 50.7 Å². The molecule has 19 heavy (non-hydrogen) atoms. The highest BCUT2D eigenvalue weighted by atomic mass is 79.9. The van der Waals surface area contributed by atoms with Gasteiger partial charge in [-0.3, -0.25) is 0 Å². The van der Waals surface area contributed by atoms with E-state index in [1.807, 2.05) is 0 Å². The summed E-state index contributed by atoms with van der Waals surface area (Å²) < 4.78 is 18.4. The summed E-state index contributed by atoms with van der Waals surface area (Å²) in [6.45, 7) is 0.646. The molecule has 4 heteroatoms. The van der Waals surface area contributed by atoms with Crippen LogP contribution in [-0.2, 0) is 0 Å². The van der Waals surface area contributed by atoms with Crippen molar-refractivity contribution < 1.29 is 9.13 Å². The molecular weight excluding hydrogens is 331 g/mol. The maximum absolute atomic E-state index is 12.8. The Morgan fingerprint density at radius 3 is 2.26 bits per heavy atom. The minimum absolute atomic E-state index is 0.333. The van der Waals surface area contributed by atoms with Crippen molar-refractivity contribution in [2.24, 2.45) is 0 Å². The van der Waals surface area contributed by atoms with Crippen molar-refractivity contribution in [3.63, 3.8) is 0 Å². The van der Waals surface area contributed by atoms with Crippen molar-refractivity contribution in [2.75, 3.05) is 11.9 Å².